The highest BCUT2D eigenvalue weighted by Crippen LogP contribution is 2.29. The van der Waals surface area contributed by atoms with Gasteiger partial charge in [-0.2, -0.15) is 10.5 Å². The summed E-state index contributed by atoms with van der Waals surface area (Å²) in [6.07, 6.45) is 1.30. The van der Waals surface area contributed by atoms with Gasteiger partial charge in [-0.05, 0) is 48.4 Å². The van der Waals surface area contributed by atoms with Crippen LogP contribution in [0.1, 0.15) is 16.7 Å². The van der Waals surface area contributed by atoms with E-state index in [1.54, 1.807) is 31.2 Å². The molecule has 0 aromatic heterocycles. The molecule has 172 valence electrons. The summed E-state index contributed by atoms with van der Waals surface area (Å²) in [5.74, 6) is -0.381. The molecule has 3 aromatic rings. The molecule has 11 nitrogen and oxygen atoms in total. The van der Waals surface area contributed by atoms with Gasteiger partial charge in [-0.25, -0.2) is 0 Å². The van der Waals surface area contributed by atoms with Crippen molar-refractivity contribution < 1.29 is 19.4 Å². The van der Waals surface area contributed by atoms with Crippen LogP contribution in [0.3, 0.4) is 0 Å². The van der Waals surface area contributed by atoms with Crippen LogP contribution in [0, 0.1) is 49.8 Å². The van der Waals surface area contributed by atoms with Crippen LogP contribution in [-0.2, 0) is 4.79 Å². The Morgan fingerprint density at radius 2 is 1.71 bits per heavy atom. The first-order chi connectivity index (χ1) is 16.7. The fourth-order valence-electron chi connectivity index (χ4n) is 2.97. The van der Waals surface area contributed by atoms with Crippen LogP contribution in [0.15, 0.2) is 66.2 Å². The maximum atomic E-state index is 12.5. The van der Waals surface area contributed by atoms with Gasteiger partial charge in [0.25, 0.3) is 17.3 Å². The lowest BCUT2D eigenvalue weighted by atomic mass is 10.1. The molecule has 0 aliphatic heterocycles. The zero-order valence-corrected chi connectivity index (χ0v) is 18.1. The van der Waals surface area contributed by atoms with Crippen molar-refractivity contribution in [1.82, 2.24) is 0 Å². The van der Waals surface area contributed by atoms with E-state index < -0.39 is 15.8 Å². The Balaban J connectivity index is 1.78. The normalized spacial score (nSPS) is 10.5. The van der Waals surface area contributed by atoms with E-state index >= 15 is 0 Å². The molecule has 0 saturated heterocycles. The highest BCUT2D eigenvalue weighted by Gasteiger charge is 2.18. The molecule has 0 aliphatic rings. The summed E-state index contributed by atoms with van der Waals surface area (Å²) in [7, 11) is 0. The Bertz CT molecular complexity index is 1450. The fraction of sp³-hybridized carbons (Fsp3) is 0.0417. The molecule has 0 radical (unpaired) electrons. The number of nitro groups is 2. The molecule has 35 heavy (non-hydrogen) atoms. The number of anilines is 1. The summed E-state index contributed by atoms with van der Waals surface area (Å²) in [5.41, 5.74) is 0.238. The molecule has 0 bridgehead atoms. The number of hydrogen-bond acceptors (Lipinski definition) is 8. The first-order valence-electron chi connectivity index (χ1n) is 9.86. The Labute approximate surface area is 198 Å². The Morgan fingerprint density at radius 3 is 2.31 bits per heavy atom. The Kier molecular flexibility index (Phi) is 7.15. The molecule has 0 spiro atoms. The number of nitriles is 2. The van der Waals surface area contributed by atoms with Crippen LogP contribution in [0.2, 0.25) is 0 Å². The van der Waals surface area contributed by atoms with Gasteiger partial charge >= 0.3 is 0 Å². The number of rotatable bonds is 7. The highest BCUT2D eigenvalue weighted by atomic mass is 16.6. The number of carbonyl (C=O) groups is 1. The van der Waals surface area contributed by atoms with Crippen molar-refractivity contribution >= 4 is 29.0 Å². The number of amides is 1. The first kappa shape index (κ1) is 24.1. The second kappa shape index (κ2) is 10.4. The molecule has 0 atom stereocenters. The van der Waals surface area contributed by atoms with Crippen molar-refractivity contribution in [3.63, 3.8) is 0 Å². The van der Waals surface area contributed by atoms with Gasteiger partial charge in [-0.1, -0.05) is 18.2 Å². The lowest BCUT2D eigenvalue weighted by molar-refractivity contribution is -0.384. The van der Waals surface area contributed by atoms with Crippen molar-refractivity contribution in [1.29, 1.82) is 10.5 Å². The largest absolute Gasteiger partial charge is 0.456 e. The minimum absolute atomic E-state index is 0.0168. The maximum absolute atomic E-state index is 12.5. The number of hydrogen-bond donors (Lipinski definition) is 1. The zero-order valence-electron chi connectivity index (χ0n) is 18.1. The molecule has 3 rings (SSSR count). The van der Waals surface area contributed by atoms with Gasteiger partial charge in [-0.3, -0.25) is 25.0 Å². The second-order valence-corrected chi connectivity index (χ2v) is 7.12. The van der Waals surface area contributed by atoms with Crippen LogP contribution in [0.25, 0.3) is 6.08 Å². The molecule has 0 saturated carbocycles. The van der Waals surface area contributed by atoms with Crippen molar-refractivity contribution in [2.75, 3.05) is 5.32 Å². The van der Waals surface area contributed by atoms with Gasteiger partial charge < -0.3 is 10.1 Å². The summed E-state index contributed by atoms with van der Waals surface area (Å²) >= 11 is 0. The smallest absolute Gasteiger partial charge is 0.293 e. The van der Waals surface area contributed by atoms with Gasteiger partial charge in [0, 0.05) is 18.2 Å². The zero-order chi connectivity index (χ0) is 25.5. The number of nitro benzene ring substituents is 2. The van der Waals surface area contributed by atoms with E-state index in [0.29, 0.717) is 16.9 Å². The van der Waals surface area contributed by atoms with E-state index in [0.717, 1.165) is 6.07 Å². The van der Waals surface area contributed by atoms with Crippen LogP contribution in [0.5, 0.6) is 11.5 Å². The second-order valence-electron chi connectivity index (χ2n) is 7.12. The molecule has 0 fully saturated rings. The third-order valence-electron chi connectivity index (χ3n) is 4.68. The molecule has 0 heterocycles. The topological polar surface area (TPSA) is 172 Å². The average Bonchev–Trinajstić information content (AvgIpc) is 2.84. The van der Waals surface area contributed by atoms with E-state index in [4.69, 9.17) is 4.74 Å². The van der Waals surface area contributed by atoms with E-state index in [9.17, 15) is 35.5 Å². The molecular formula is C24H15N5O6. The maximum Gasteiger partial charge on any atom is 0.293 e. The number of nitrogens with one attached hydrogen (secondary N) is 1. The molecule has 0 aliphatic carbocycles. The average molecular weight is 469 g/mol. The van der Waals surface area contributed by atoms with Crippen LogP contribution >= 0.6 is 0 Å². The van der Waals surface area contributed by atoms with Crippen molar-refractivity contribution in [3.05, 3.63) is 103 Å². The van der Waals surface area contributed by atoms with Gasteiger partial charge in [0.15, 0.2) is 0 Å². The summed E-state index contributed by atoms with van der Waals surface area (Å²) in [6, 6.07) is 17.7. The highest BCUT2D eigenvalue weighted by molar-refractivity contribution is 6.10. The summed E-state index contributed by atoms with van der Waals surface area (Å²) in [6.45, 7) is 1.68. The van der Waals surface area contributed by atoms with Gasteiger partial charge in [-0.15, -0.1) is 0 Å². The molecule has 1 N–H and O–H groups in total. The van der Waals surface area contributed by atoms with E-state index in [1.165, 1.54) is 42.5 Å². The molecule has 3 aromatic carbocycles. The standard InChI is InChI=1S/C24H15N5O6/c1-15-2-8-21(22(10-15)29(33)34)27-24(30)18(14-26)11-16-3-6-20(7-4-16)35-23-9-5-19(28(31)32)12-17(23)13-25/h2-12H,1H3,(H,27,30). The van der Waals surface area contributed by atoms with Crippen LogP contribution in [-0.4, -0.2) is 15.8 Å². The summed E-state index contributed by atoms with van der Waals surface area (Å²) in [5, 5.41) is 43.1. The van der Waals surface area contributed by atoms with E-state index in [-0.39, 0.29) is 33.9 Å². The SMILES string of the molecule is Cc1ccc(NC(=O)C(C#N)=Cc2ccc(Oc3ccc([N+](=O)[O-])cc3C#N)cc2)c([N+](=O)[O-])c1. The number of aryl methyl sites for hydroxylation is 1. The lowest BCUT2D eigenvalue weighted by Gasteiger charge is -2.08. The Hall–Kier alpha value is -5.55. The number of ether oxygens (including phenoxy) is 1. The minimum Gasteiger partial charge on any atom is -0.456 e. The van der Waals surface area contributed by atoms with Crippen molar-refractivity contribution in [2.24, 2.45) is 0 Å². The summed E-state index contributed by atoms with van der Waals surface area (Å²) in [4.78, 5) is 33.4. The minimum atomic E-state index is -0.815. The molecule has 0 unspecified atom stereocenters. The van der Waals surface area contributed by atoms with Gasteiger partial charge in [0.05, 0.1) is 9.85 Å². The number of benzene rings is 3. The van der Waals surface area contributed by atoms with Crippen molar-refractivity contribution in [2.45, 2.75) is 6.92 Å². The third-order valence-corrected chi connectivity index (χ3v) is 4.68. The predicted molar refractivity (Wildman–Crippen MR) is 124 cm³/mol. The van der Waals surface area contributed by atoms with Crippen molar-refractivity contribution in [3.8, 4) is 23.6 Å². The van der Waals surface area contributed by atoms with Crippen LogP contribution < -0.4 is 10.1 Å². The number of non-ortho nitro benzene ring substituents is 1. The van der Waals surface area contributed by atoms with Crippen LogP contribution in [0.4, 0.5) is 17.1 Å². The lowest BCUT2D eigenvalue weighted by Crippen LogP contribution is -2.14. The molecule has 11 heteroatoms. The molecule has 1 amide bonds. The number of carbonyl (C=O) groups excluding carboxylic acids is 1. The first-order valence-corrected chi connectivity index (χ1v) is 9.86. The molecular weight excluding hydrogens is 454 g/mol. The fourth-order valence-corrected chi connectivity index (χ4v) is 2.97. The van der Waals surface area contributed by atoms with Gasteiger partial charge in [0.1, 0.15) is 40.5 Å². The monoisotopic (exact) mass is 469 g/mol. The van der Waals surface area contributed by atoms with E-state index in [2.05, 4.69) is 5.32 Å². The van der Waals surface area contributed by atoms with Gasteiger partial charge in [0.2, 0.25) is 0 Å². The number of nitrogens with zero attached hydrogens (tertiary/aromatic N) is 4. The quantitative estimate of drug-likeness (QED) is 0.217. The Morgan fingerprint density at radius 1 is 1.00 bits per heavy atom. The third kappa shape index (κ3) is 5.83. The predicted octanol–water partition coefficient (Wildman–Crippen LogP) is 5.02. The summed E-state index contributed by atoms with van der Waals surface area (Å²) < 4.78 is 5.62. The van der Waals surface area contributed by atoms with E-state index in [1.807, 2.05) is 6.07 Å².